The van der Waals surface area contributed by atoms with Gasteiger partial charge in [-0.2, -0.15) is 0 Å². The van der Waals surface area contributed by atoms with Crippen LogP contribution in [0.1, 0.15) is 24.8 Å². The van der Waals surface area contributed by atoms with Gasteiger partial charge in [-0.25, -0.2) is 8.78 Å². The maximum Gasteiger partial charge on any atom is 0.173 e. The molecule has 1 aromatic rings. The third-order valence-corrected chi connectivity index (χ3v) is 3.00. The summed E-state index contributed by atoms with van der Waals surface area (Å²) in [6.45, 7) is 2.47. The first-order valence-corrected chi connectivity index (χ1v) is 5.20. The highest BCUT2D eigenvalue weighted by molar-refractivity contribution is 9.10. The van der Waals surface area contributed by atoms with Crippen molar-refractivity contribution in [3.05, 3.63) is 33.8 Å². The van der Waals surface area contributed by atoms with Crippen LogP contribution in [0.2, 0.25) is 0 Å². The van der Waals surface area contributed by atoms with Crippen LogP contribution in [0.15, 0.2) is 16.6 Å². The molecule has 1 unspecified atom stereocenters. The van der Waals surface area contributed by atoms with Crippen molar-refractivity contribution in [2.75, 3.05) is 6.54 Å². The molecule has 1 rings (SSSR count). The first kappa shape index (κ1) is 11.6. The minimum absolute atomic E-state index is 0.129. The zero-order valence-corrected chi connectivity index (χ0v) is 9.44. The number of nitrogens with two attached hydrogens (primary N) is 1. The molecule has 4 heteroatoms. The highest BCUT2D eigenvalue weighted by Crippen LogP contribution is 2.30. The van der Waals surface area contributed by atoms with Crippen LogP contribution in [-0.4, -0.2) is 6.54 Å². The van der Waals surface area contributed by atoms with E-state index in [0.29, 0.717) is 6.54 Å². The summed E-state index contributed by atoms with van der Waals surface area (Å²) in [4.78, 5) is 0. The Kier molecular flexibility index (Phi) is 4.01. The van der Waals surface area contributed by atoms with Crippen molar-refractivity contribution in [3.8, 4) is 0 Å². The van der Waals surface area contributed by atoms with Crippen LogP contribution in [0.25, 0.3) is 0 Å². The average Bonchev–Trinajstić information content (AvgIpc) is 2.15. The topological polar surface area (TPSA) is 26.0 Å². The lowest BCUT2D eigenvalue weighted by molar-refractivity contribution is 0.500. The fourth-order valence-corrected chi connectivity index (χ4v) is 2.04. The van der Waals surface area contributed by atoms with E-state index in [2.05, 4.69) is 15.9 Å². The third-order valence-electron chi connectivity index (χ3n) is 2.20. The van der Waals surface area contributed by atoms with Crippen LogP contribution in [0.4, 0.5) is 8.78 Å². The third kappa shape index (κ3) is 2.30. The van der Waals surface area contributed by atoms with Crippen LogP contribution in [0, 0.1) is 11.6 Å². The summed E-state index contributed by atoms with van der Waals surface area (Å²) in [6.07, 6.45) is 0.754. The number of hydrogen-bond acceptors (Lipinski definition) is 1. The molecule has 78 valence electrons. The zero-order valence-electron chi connectivity index (χ0n) is 7.86. The van der Waals surface area contributed by atoms with E-state index >= 15 is 0 Å². The predicted octanol–water partition coefficient (Wildman–Crippen LogP) is 3.18. The van der Waals surface area contributed by atoms with Gasteiger partial charge in [-0.1, -0.05) is 13.0 Å². The lowest BCUT2D eigenvalue weighted by Gasteiger charge is -2.13. The maximum absolute atomic E-state index is 13.1. The monoisotopic (exact) mass is 263 g/mol. The molecule has 1 nitrogen and oxygen atoms in total. The van der Waals surface area contributed by atoms with Crippen LogP contribution in [0.5, 0.6) is 0 Å². The van der Waals surface area contributed by atoms with E-state index in [4.69, 9.17) is 5.73 Å². The van der Waals surface area contributed by atoms with E-state index in [9.17, 15) is 8.78 Å². The van der Waals surface area contributed by atoms with Crippen molar-refractivity contribution >= 4 is 15.9 Å². The van der Waals surface area contributed by atoms with Crippen molar-refractivity contribution in [1.82, 2.24) is 0 Å². The molecule has 0 amide bonds. The molecule has 0 aliphatic carbocycles. The number of hydrogen-bond donors (Lipinski definition) is 1. The molecular weight excluding hydrogens is 252 g/mol. The molecule has 0 radical (unpaired) electrons. The molecular formula is C10H12BrF2N. The standard InChI is InChI=1S/C10H12BrF2N/c1-6(4-5-14)7-2-3-8(12)10(13)9(7)11/h2-3,6H,4-5,14H2,1H3. The van der Waals surface area contributed by atoms with Crippen LogP contribution >= 0.6 is 15.9 Å². The lowest BCUT2D eigenvalue weighted by atomic mass is 9.98. The second kappa shape index (κ2) is 4.84. The average molecular weight is 264 g/mol. The minimum Gasteiger partial charge on any atom is -0.330 e. The van der Waals surface area contributed by atoms with Crippen molar-refractivity contribution < 1.29 is 8.78 Å². The second-order valence-corrected chi connectivity index (χ2v) is 4.04. The summed E-state index contributed by atoms with van der Waals surface area (Å²) >= 11 is 3.05. The molecule has 0 aliphatic rings. The van der Waals surface area contributed by atoms with Crippen molar-refractivity contribution in [2.45, 2.75) is 19.3 Å². The van der Waals surface area contributed by atoms with Gasteiger partial charge >= 0.3 is 0 Å². The van der Waals surface area contributed by atoms with Gasteiger partial charge in [-0.3, -0.25) is 0 Å². The number of rotatable bonds is 3. The molecule has 0 aromatic heterocycles. The van der Waals surface area contributed by atoms with Gasteiger partial charge in [0.25, 0.3) is 0 Å². The molecule has 14 heavy (non-hydrogen) atoms. The van der Waals surface area contributed by atoms with Gasteiger partial charge in [0.15, 0.2) is 11.6 Å². The van der Waals surface area contributed by atoms with E-state index in [1.54, 1.807) is 6.07 Å². The predicted molar refractivity (Wildman–Crippen MR) is 56.1 cm³/mol. The second-order valence-electron chi connectivity index (χ2n) is 3.24. The number of halogens is 3. The molecule has 0 bridgehead atoms. The Hall–Kier alpha value is -0.480. The Bertz CT molecular complexity index is 328. The molecule has 0 spiro atoms. The van der Waals surface area contributed by atoms with Gasteiger partial charge in [0, 0.05) is 0 Å². The van der Waals surface area contributed by atoms with E-state index in [-0.39, 0.29) is 10.4 Å². The van der Waals surface area contributed by atoms with Gasteiger partial charge in [0.2, 0.25) is 0 Å². The van der Waals surface area contributed by atoms with Crippen LogP contribution in [-0.2, 0) is 0 Å². The smallest absolute Gasteiger partial charge is 0.173 e. The minimum atomic E-state index is -0.833. The van der Waals surface area contributed by atoms with Crippen molar-refractivity contribution in [1.29, 1.82) is 0 Å². The van der Waals surface area contributed by atoms with E-state index < -0.39 is 11.6 Å². The largest absolute Gasteiger partial charge is 0.330 e. The summed E-state index contributed by atoms with van der Waals surface area (Å²) in [6, 6.07) is 2.73. The highest BCUT2D eigenvalue weighted by atomic mass is 79.9. The van der Waals surface area contributed by atoms with E-state index in [1.165, 1.54) is 0 Å². The summed E-state index contributed by atoms with van der Waals surface area (Å²) in [5.74, 6) is -1.53. The fourth-order valence-electron chi connectivity index (χ4n) is 1.33. The molecule has 2 N–H and O–H groups in total. The SMILES string of the molecule is CC(CCN)c1ccc(F)c(F)c1Br. The first-order valence-electron chi connectivity index (χ1n) is 4.41. The number of benzene rings is 1. The molecule has 0 saturated heterocycles. The molecule has 0 fully saturated rings. The van der Waals surface area contributed by atoms with Gasteiger partial charge in [-0.05, 0) is 46.4 Å². The van der Waals surface area contributed by atoms with Crippen LogP contribution < -0.4 is 5.73 Å². The normalized spacial score (nSPS) is 12.9. The Labute approximate surface area is 90.4 Å². The summed E-state index contributed by atoms with van der Waals surface area (Å²) in [5, 5.41) is 0. The van der Waals surface area contributed by atoms with Crippen molar-refractivity contribution in [2.24, 2.45) is 5.73 Å². The summed E-state index contributed by atoms with van der Waals surface area (Å²) in [7, 11) is 0. The Morgan fingerprint density at radius 3 is 2.64 bits per heavy atom. The molecule has 1 atom stereocenters. The van der Waals surface area contributed by atoms with Gasteiger partial charge in [-0.15, -0.1) is 0 Å². The van der Waals surface area contributed by atoms with Crippen molar-refractivity contribution in [3.63, 3.8) is 0 Å². The summed E-state index contributed by atoms with van der Waals surface area (Å²) < 4.78 is 26.1. The molecule has 0 aliphatic heterocycles. The Balaban J connectivity index is 3.04. The maximum atomic E-state index is 13.1. The van der Waals surface area contributed by atoms with E-state index in [1.807, 2.05) is 6.92 Å². The summed E-state index contributed by atoms with van der Waals surface area (Å²) in [5.41, 5.74) is 6.16. The zero-order chi connectivity index (χ0) is 10.7. The quantitative estimate of drug-likeness (QED) is 0.833. The first-order chi connectivity index (χ1) is 6.57. The highest BCUT2D eigenvalue weighted by Gasteiger charge is 2.14. The molecule has 0 heterocycles. The fraction of sp³-hybridized carbons (Fsp3) is 0.400. The lowest BCUT2D eigenvalue weighted by Crippen LogP contribution is -2.06. The Morgan fingerprint density at radius 1 is 1.43 bits per heavy atom. The Morgan fingerprint density at radius 2 is 2.07 bits per heavy atom. The van der Waals surface area contributed by atoms with Gasteiger partial charge < -0.3 is 5.73 Å². The molecule has 0 saturated carbocycles. The van der Waals surface area contributed by atoms with E-state index in [0.717, 1.165) is 18.1 Å². The van der Waals surface area contributed by atoms with Gasteiger partial charge in [0.05, 0.1) is 4.47 Å². The van der Waals surface area contributed by atoms with Crippen LogP contribution in [0.3, 0.4) is 0 Å². The van der Waals surface area contributed by atoms with Gasteiger partial charge in [0.1, 0.15) is 0 Å². The molecule has 1 aromatic carbocycles.